The van der Waals surface area contributed by atoms with E-state index in [1.807, 2.05) is 6.08 Å². The van der Waals surface area contributed by atoms with Crippen molar-refractivity contribution in [2.75, 3.05) is 0 Å². The summed E-state index contributed by atoms with van der Waals surface area (Å²) < 4.78 is 0. The molecular weight excluding hydrogens is 194 g/mol. The van der Waals surface area contributed by atoms with Crippen molar-refractivity contribution in [1.82, 2.24) is 0 Å². The molecule has 0 spiro atoms. The molecule has 94 valence electrons. The van der Waals surface area contributed by atoms with Gasteiger partial charge in [0.2, 0.25) is 0 Å². The molecule has 0 aliphatic heterocycles. The molecule has 0 aliphatic carbocycles. The summed E-state index contributed by atoms with van der Waals surface area (Å²) in [6.45, 7) is 5.96. The number of hydrogen-bond acceptors (Lipinski definition) is 1. The van der Waals surface area contributed by atoms with Crippen LogP contribution in [0.5, 0.6) is 0 Å². The molecule has 0 fully saturated rings. The second-order valence-electron chi connectivity index (χ2n) is 4.52. The first-order valence-electron chi connectivity index (χ1n) is 6.82. The van der Waals surface area contributed by atoms with E-state index in [-0.39, 0.29) is 0 Å². The van der Waals surface area contributed by atoms with Crippen LogP contribution < -0.4 is 5.73 Å². The van der Waals surface area contributed by atoms with Gasteiger partial charge < -0.3 is 5.73 Å². The number of nitrogens with two attached hydrogens (primary N) is 1. The number of allylic oxidation sites excluding steroid dienone is 3. The summed E-state index contributed by atoms with van der Waals surface area (Å²) in [7, 11) is 0. The van der Waals surface area contributed by atoms with E-state index in [0.717, 1.165) is 25.7 Å². The molecule has 0 aromatic heterocycles. The van der Waals surface area contributed by atoms with Crippen molar-refractivity contribution in [2.24, 2.45) is 5.73 Å². The van der Waals surface area contributed by atoms with Crippen molar-refractivity contribution in [3.05, 3.63) is 24.8 Å². The van der Waals surface area contributed by atoms with Crippen LogP contribution in [0.25, 0.3) is 0 Å². The van der Waals surface area contributed by atoms with Crippen LogP contribution in [-0.2, 0) is 0 Å². The zero-order valence-corrected chi connectivity index (χ0v) is 11.0. The highest BCUT2D eigenvalue weighted by molar-refractivity contribution is 4.83. The van der Waals surface area contributed by atoms with Crippen LogP contribution in [0.3, 0.4) is 0 Å². The highest BCUT2D eigenvalue weighted by Gasteiger charge is 1.98. The van der Waals surface area contributed by atoms with Crippen LogP contribution in [0.1, 0.15) is 64.7 Å². The first kappa shape index (κ1) is 15.4. The van der Waals surface area contributed by atoms with Gasteiger partial charge >= 0.3 is 0 Å². The number of hydrogen-bond donors (Lipinski definition) is 1. The van der Waals surface area contributed by atoms with Crippen LogP contribution in [0.2, 0.25) is 0 Å². The minimum absolute atomic E-state index is 0.350. The molecule has 0 aliphatic rings. The Kier molecular flexibility index (Phi) is 12.1. The third-order valence-electron chi connectivity index (χ3n) is 2.84. The summed E-state index contributed by atoms with van der Waals surface area (Å²) >= 11 is 0. The Morgan fingerprint density at radius 3 is 2.38 bits per heavy atom. The van der Waals surface area contributed by atoms with Crippen LogP contribution in [0.4, 0.5) is 0 Å². The van der Waals surface area contributed by atoms with Gasteiger partial charge in [0.1, 0.15) is 0 Å². The lowest BCUT2D eigenvalue weighted by Gasteiger charge is -2.07. The quantitative estimate of drug-likeness (QED) is 0.402. The van der Waals surface area contributed by atoms with Gasteiger partial charge in [0.25, 0.3) is 0 Å². The van der Waals surface area contributed by atoms with E-state index in [9.17, 15) is 0 Å². The van der Waals surface area contributed by atoms with Crippen molar-refractivity contribution in [1.29, 1.82) is 0 Å². The summed E-state index contributed by atoms with van der Waals surface area (Å²) in [5.41, 5.74) is 5.96. The Bertz CT molecular complexity index is 172. The molecular formula is C15H29N. The van der Waals surface area contributed by atoms with E-state index >= 15 is 0 Å². The summed E-state index contributed by atoms with van der Waals surface area (Å²) in [6.07, 6.45) is 17.6. The van der Waals surface area contributed by atoms with Gasteiger partial charge in [0.05, 0.1) is 0 Å². The zero-order chi connectivity index (χ0) is 12.1. The average molecular weight is 223 g/mol. The fourth-order valence-electron chi connectivity index (χ4n) is 1.71. The summed E-state index contributed by atoms with van der Waals surface area (Å²) in [4.78, 5) is 0. The Labute approximate surface area is 102 Å². The molecule has 0 rings (SSSR count). The average Bonchev–Trinajstić information content (AvgIpc) is 2.30. The molecule has 16 heavy (non-hydrogen) atoms. The molecule has 0 amide bonds. The Hall–Kier alpha value is -0.560. The maximum atomic E-state index is 5.96. The molecule has 0 saturated carbocycles. The highest BCUT2D eigenvalue weighted by Crippen LogP contribution is 2.06. The summed E-state index contributed by atoms with van der Waals surface area (Å²) in [5.74, 6) is 0. The predicted molar refractivity (Wildman–Crippen MR) is 74.5 cm³/mol. The van der Waals surface area contributed by atoms with E-state index in [4.69, 9.17) is 5.73 Å². The lowest BCUT2D eigenvalue weighted by Crippen LogP contribution is -2.18. The van der Waals surface area contributed by atoms with Crippen molar-refractivity contribution in [3.8, 4) is 0 Å². The van der Waals surface area contributed by atoms with Crippen LogP contribution in [0, 0.1) is 0 Å². The largest absolute Gasteiger partial charge is 0.328 e. The zero-order valence-electron chi connectivity index (χ0n) is 11.0. The molecule has 0 aromatic carbocycles. The monoisotopic (exact) mass is 223 g/mol. The molecule has 0 radical (unpaired) electrons. The second kappa shape index (κ2) is 12.5. The number of rotatable bonds is 11. The molecule has 2 N–H and O–H groups in total. The normalized spacial score (nSPS) is 13.1. The Morgan fingerprint density at radius 1 is 1.00 bits per heavy atom. The minimum Gasteiger partial charge on any atom is -0.328 e. The Morgan fingerprint density at radius 2 is 1.69 bits per heavy atom. The van der Waals surface area contributed by atoms with Crippen molar-refractivity contribution in [3.63, 3.8) is 0 Å². The lowest BCUT2D eigenvalue weighted by atomic mass is 10.1. The fourth-order valence-corrected chi connectivity index (χ4v) is 1.71. The standard InChI is InChI=1S/C15H29N/c1-3-5-7-8-9-10-11-12-14-15(16)13-6-4-2/h4,10-11,15H,2-3,5-9,12-14,16H2,1H3/b11-10+. The topological polar surface area (TPSA) is 26.0 Å². The minimum atomic E-state index is 0.350. The third-order valence-corrected chi connectivity index (χ3v) is 2.84. The van der Waals surface area contributed by atoms with Crippen molar-refractivity contribution in [2.45, 2.75) is 70.8 Å². The first-order valence-corrected chi connectivity index (χ1v) is 6.82. The van der Waals surface area contributed by atoms with Gasteiger partial charge in [-0.15, -0.1) is 6.58 Å². The van der Waals surface area contributed by atoms with Gasteiger partial charge in [-0.25, -0.2) is 0 Å². The maximum absolute atomic E-state index is 5.96. The highest BCUT2D eigenvalue weighted by atomic mass is 14.6. The van der Waals surface area contributed by atoms with E-state index in [2.05, 4.69) is 25.7 Å². The van der Waals surface area contributed by atoms with Crippen LogP contribution in [0.15, 0.2) is 24.8 Å². The van der Waals surface area contributed by atoms with Gasteiger partial charge in [-0.2, -0.15) is 0 Å². The van der Waals surface area contributed by atoms with Crippen LogP contribution >= 0.6 is 0 Å². The van der Waals surface area contributed by atoms with E-state index in [1.165, 1.54) is 32.1 Å². The SMILES string of the molecule is C=CCCC(N)CC/C=C/CCCCCC. The van der Waals surface area contributed by atoms with Gasteiger partial charge in [-0.3, -0.25) is 0 Å². The molecule has 0 bridgehead atoms. The molecule has 1 atom stereocenters. The van der Waals surface area contributed by atoms with Gasteiger partial charge in [0, 0.05) is 6.04 Å². The van der Waals surface area contributed by atoms with Gasteiger partial charge in [0.15, 0.2) is 0 Å². The molecule has 0 heterocycles. The van der Waals surface area contributed by atoms with E-state index in [0.29, 0.717) is 6.04 Å². The van der Waals surface area contributed by atoms with Crippen LogP contribution in [-0.4, -0.2) is 6.04 Å². The van der Waals surface area contributed by atoms with Gasteiger partial charge in [-0.05, 0) is 38.5 Å². The number of unbranched alkanes of at least 4 members (excludes halogenated alkanes) is 4. The van der Waals surface area contributed by atoms with Gasteiger partial charge in [-0.1, -0.05) is 44.4 Å². The first-order chi connectivity index (χ1) is 7.81. The van der Waals surface area contributed by atoms with Crippen molar-refractivity contribution < 1.29 is 0 Å². The summed E-state index contributed by atoms with van der Waals surface area (Å²) in [6, 6.07) is 0.350. The molecule has 0 saturated heterocycles. The molecule has 0 aromatic rings. The molecule has 1 nitrogen and oxygen atoms in total. The Balaban J connectivity index is 3.22. The van der Waals surface area contributed by atoms with Crippen molar-refractivity contribution >= 4 is 0 Å². The third kappa shape index (κ3) is 11.5. The molecule has 1 unspecified atom stereocenters. The second-order valence-corrected chi connectivity index (χ2v) is 4.52. The fraction of sp³-hybridized carbons (Fsp3) is 0.733. The maximum Gasteiger partial charge on any atom is 0.00447 e. The van der Waals surface area contributed by atoms with E-state index in [1.54, 1.807) is 0 Å². The summed E-state index contributed by atoms with van der Waals surface area (Å²) in [5, 5.41) is 0. The predicted octanol–water partition coefficient (Wildman–Crippen LogP) is 4.59. The smallest absolute Gasteiger partial charge is 0.00447 e. The molecule has 1 heteroatoms. The van der Waals surface area contributed by atoms with E-state index < -0.39 is 0 Å². The lowest BCUT2D eigenvalue weighted by molar-refractivity contribution is 0.579.